The Kier molecular flexibility index (Phi) is 7.59. The molecule has 0 aliphatic carbocycles. The number of methoxy groups -OCH3 is 2. The van der Waals surface area contributed by atoms with Crippen LogP contribution < -0.4 is 14.8 Å². The smallest absolute Gasteiger partial charge is 0.326 e. The van der Waals surface area contributed by atoms with Crippen molar-refractivity contribution in [3.63, 3.8) is 0 Å². The van der Waals surface area contributed by atoms with Gasteiger partial charge in [-0.2, -0.15) is 0 Å². The van der Waals surface area contributed by atoms with Crippen LogP contribution in [0.4, 0.5) is 0 Å². The van der Waals surface area contributed by atoms with Crippen LogP contribution in [0.1, 0.15) is 27.9 Å². The average molecular weight is 401 g/mol. The Morgan fingerprint density at radius 1 is 0.931 bits per heavy atom. The van der Waals surface area contributed by atoms with Crippen molar-refractivity contribution in [1.29, 1.82) is 0 Å². The highest BCUT2D eigenvalue weighted by atomic mass is 16.5. The second kappa shape index (κ2) is 10.1. The fourth-order valence-corrected chi connectivity index (χ4v) is 2.83. The van der Waals surface area contributed by atoms with E-state index in [1.807, 2.05) is 0 Å². The van der Waals surface area contributed by atoms with Crippen molar-refractivity contribution in [3.05, 3.63) is 59.2 Å². The molecule has 1 amide bonds. The summed E-state index contributed by atoms with van der Waals surface area (Å²) in [5.74, 6) is -2.14. The molecule has 1 atom stereocenters. The third kappa shape index (κ3) is 5.97. The van der Waals surface area contributed by atoms with Crippen molar-refractivity contribution in [2.24, 2.45) is 0 Å². The minimum Gasteiger partial charge on any atom is -0.496 e. The van der Waals surface area contributed by atoms with E-state index >= 15 is 0 Å². The van der Waals surface area contributed by atoms with Crippen LogP contribution in [0.25, 0.3) is 0 Å². The van der Waals surface area contributed by atoms with Gasteiger partial charge in [0.15, 0.2) is 0 Å². The van der Waals surface area contributed by atoms with E-state index in [1.165, 1.54) is 14.2 Å². The zero-order valence-electron chi connectivity index (χ0n) is 16.2. The van der Waals surface area contributed by atoms with Crippen LogP contribution in [-0.4, -0.2) is 48.3 Å². The quantitative estimate of drug-likeness (QED) is 0.557. The minimum atomic E-state index is -1.18. The van der Waals surface area contributed by atoms with Crippen LogP contribution in [-0.2, 0) is 22.4 Å². The van der Waals surface area contributed by atoms with Gasteiger partial charge in [0.2, 0.25) is 0 Å². The lowest BCUT2D eigenvalue weighted by Gasteiger charge is -2.17. The first-order chi connectivity index (χ1) is 13.8. The minimum absolute atomic E-state index is 0.0217. The molecule has 2 rings (SSSR count). The van der Waals surface area contributed by atoms with Gasteiger partial charge in [0.1, 0.15) is 23.1 Å². The van der Waals surface area contributed by atoms with Crippen molar-refractivity contribution in [3.8, 4) is 11.5 Å². The van der Waals surface area contributed by atoms with E-state index in [-0.39, 0.29) is 29.9 Å². The molecule has 0 aromatic heterocycles. The van der Waals surface area contributed by atoms with Gasteiger partial charge in [-0.1, -0.05) is 30.3 Å². The van der Waals surface area contributed by atoms with E-state index in [2.05, 4.69) is 5.32 Å². The molecule has 0 saturated carbocycles. The molecule has 2 aromatic carbocycles. The van der Waals surface area contributed by atoms with Crippen LogP contribution in [0.15, 0.2) is 42.5 Å². The average Bonchev–Trinajstić information content (AvgIpc) is 2.71. The highest BCUT2D eigenvalue weighted by molar-refractivity contribution is 6.01. The Labute approximate surface area is 168 Å². The molecule has 0 radical (unpaired) electrons. The number of carbonyl (C=O) groups is 3. The molecule has 0 heterocycles. The molecule has 0 bridgehead atoms. The van der Waals surface area contributed by atoms with Gasteiger partial charge in [0, 0.05) is 12.8 Å². The third-order valence-corrected chi connectivity index (χ3v) is 4.35. The number of amides is 1. The first-order valence-electron chi connectivity index (χ1n) is 8.90. The SMILES string of the molecule is COc1cccc(OC)c1C(=O)NC(Cc1ccc(CCC(=O)O)cc1)C(=O)O. The highest BCUT2D eigenvalue weighted by Crippen LogP contribution is 2.28. The van der Waals surface area contributed by atoms with Crippen LogP contribution in [0.2, 0.25) is 0 Å². The first-order valence-corrected chi connectivity index (χ1v) is 8.90. The number of hydrogen-bond donors (Lipinski definition) is 3. The number of carboxylic acid groups (broad SMARTS) is 2. The number of carboxylic acids is 2. The summed E-state index contributed by atoms with van der Waals surface area (Å²) in [6.45, 7) is 0. The molecule has 154 valence electrons. The Morgan fingerprint density at radius 3 is 1.97 bits per heavy atom. The molecule has 2 aromatic rings. The number of rotatable bonds is 10. The molecule has 0 aliphatic rings. The highest BCUT2D eigenvalue weighted by Gasteiger charge is 2.25. The molecule has 3 N–H and O–H groups in total. The van der Waals surface area contributed by atoms with Crippen LogP contribution in [0.5, 0.6) is 11.5 Å². The monoisotopic (exact) mass is 401 g/mol. The van der Waals surface area contributed by atoms with E-state index in [0.29, 0.717) is 12.0 Å². The second-order valence-electron chi connectivity index (χ2n) is 6.32. The fraction of sp³-hybridized carbons (Fsp3) is 0.286. The maximum atomic E-state index is 12.7. The van der Waals surface area contributed by atoms with Gasteiger partial charge in [-0.05, 0) is 29.7 Å². The topological polar surface area (TPSA) is 122 Å². The van der Waals surface area contributed by atoms with E-state index in [4.69, 9.17) is 14.6 Å². The first kappa shape index (κ1) is 21.7. The lowest BCUT2D eigenvalue weighted by Crippen LogP contribution is -2.42. The largest absolute Gasteiger partial charge is 0.496 e. The zero-order chi connectivity index (χ0) is 21.4. The lowest BCUT2D eigenvalue weighted by molar-refractivity contribution is -0.139. The van der Waals surface area contributed by atoms with Crippen LogP contribution in [0, 0.1) is 0 Å². The molecular formula is C21H23NO7. The van der Waals surface area contributed by atoms with Gasteiger partial charge in [0.25, 0.3) is 5.91 Å². The number of aliphatic carboxylic acids is 2. The van der Waals surface area contributed by atoms with E-state index in [0.717, 1.165) is 5.56 Å². The number of aryl methyl sites for hydroxylation is 1. The van der Waals surface area contributed by atoms with Gasteiger partial charge in [0.05, 0.1) is 14.2 Å². The van der Waals surface area contributed by atoms with E-state index in [9.17, 15) is 19.5 Å². The van der Waals surface area contributed by atoms with Crippen molar-refractivity contribution < 1.29 is 34.1 Å². The molecule has 0 spiro atoms. The predicted octanol–water partition coefficient (Wildman–Crippen LogP) is 2.15. The molecule has 8 nitrogen and oxygen atoms in total. The second-order valence-corrected chi connectivity index (χ2v) is 6.32. The van der Waals surface area contributed by atoms with Crippen molar-refractivity contribution in [2.45, 2.75) is 25.3 Å². The molecule has 1 unspecified atom stereocenters. The molecular weight excluding hydrogens is 378 g/mol. The van der Waals surface area contributed by atoms with Crippen molar-refractivity contribution in [2.75, 3.05) is 14.2 Å². The van der Waals surface area contributed by atoms with Gasteiger partial charge in [-0.3, -0.25) is 9.59 Å². The number of nitrogens with one attached hydrogen (secondary N) is 1. The summed E-state index contributed by atoms with van der Waals surface area (Å²) < 4.78 is 10.4. The summed E-state index contributed by atoms with van der Waals surface area (Å²) in [7, 11) is 2.82. The lowest BCUT2D eigenvalue weighted by atomic mass is 10.0. The maximum absolute atomic E-state index is 12.7. The maximum Gasteiger partial charge on any atom is 0.326 e. The van der Waals surface area contributed by atoms with Gasteiger partial charge in [-0.15, -0.1) is 0 Å². The van der Waals surface area contributed by atoms with E-state index in [1.54, 1.807) is 42.5 Å². The standard InChI is InChI=1S/C21H23NO7/c1-28-16-4-3-5-17(29-2)19(16)20(25)22-15(21(26)27)12-14-8-6-13(7-9-14)10-11-18(23)24/h3-9,15H,10-12H2,1-2H3,(H,22,25)(H,23,24)(H,26,27). The normalized spacial score (nSPS) is 11.4. The number of hydrogen-bond acceptors (Lipinski definition) is 5. The Balaban J connectivity index is 2.14. The molecule has 0 aliphatic heterocycles. The molecule has 0 saturated heterocycles. The zero-order valence-corrected chi connectivity index (χ0v) is 16.2. The summed E-state index contributed by atoms with van der Waals surface area (Å²) in [5.41, 5.74) is 1.65. The summed E-state index contributed by atoms with van der Waals surface area (Å²) in [4.78, 5) is 35.1. The van der Waals surface area contributed by atoms with Crippen molar-refractivity contribution >= 4 is 17.8 Å². The van der Waals surface area contributed by atoms with Gasteiger partial charge < -0.3 is 25.0 Å². The predicted molar refractivity (Wildman–Crippen MR) is 105 cm³/mol. The summed E-state index contributed by atoms with van der Waals surface area (Å²) in [6.07, 6.45) is 0.480. The Bertz CT molecular complexity index is 855. The molecule has 8 heteroatoms. The fourth-order valence-electron chi connectivity index (χ4n) is 2.83. The number of ether oxygens (including phenoxy) is 2. The van der Waals surface area contributed by atoms with Crippen LogP contribution >= 0.6 is 0 Å². The number of benzene rings is 2. The van der Waals surface area contributed by atoms with Crippen LogP contribution in [0.3, 0.4) is 0 Å². The Morgan fingerprint density at radius 2 is 1.48 bits per heavy atom. The van der Waals surface area contributed by atoms with Gasteiger partial charge in [-0.25, -0.2) is 4.79 Å². The van der Waals surface area contributed by atoms with Crippen molar-refractivity contribution in [1.82, 2.24) is 5.32 Å². The number of carbonyl (C=O) groups excluding carboxylic acids is 1. The summed E-state index contributed by atoms with van der Waals surface area (Å²) >= 11 is 0. The van der Waals surface area contributed by atoms with E-state index < -0.39 is 23.9 Å². The third-order valence-electron chi connectivity index (χ3n) is 4.35. The molecule has 0 fully saturated rings. The van der Waals surface area contributed by atoms with Gasteiger partial charge >= 0.3 is 11.9 Å². The summed E-state index contributed by atoms with van der Waals surface area (Å²) in [5, 5.41) is 20.8. The Hall–Kier alpha value is -3.55. The molecule has 29 heavy (non-hydrogen) atoms. The summed E-state index contributed by atoms with van der Waals surface area (Å²) in [6, 6.07) is 10.6.